The lowest BCUT2D eigenvalue weighted by atomic mass is 10.1. The second kappa shape index (κ2) is 9.52. The predicted molar refractivity (Wildman–Crippen MR) is 137 cm³/mol. The zero-order valence-corrected chi connectivity index (χ0v) is 20.4. The first-order chi connectivity index (χ1) is 16.3. The minimum atomic E-state index is -0.364. The molecular weight excluding hydrogens is 450 g/mol. The zero-order valence-electron chi connectivity index (χ0n) is 19.6. The highest BCUT2D eigenvalue weighted by atomic mass is 32.1. The standard InChI is InChI=1S/C26H25N3O4S/c1-14-10-16(3)23-20(11-14)27-25(33-23)18-7-6-15(2)19(12-18)28-26(34)29-24(30)17-8-9-21(31-4)22(13-17)32-5/h6-13H,1-5H3,(H2,28,29,30,34). The molecule has 0 bridgehead atoms. The number of hydrogen-bond acceptors (Lipinski definition) is 6. The third-order valence-corrected chi connectivity index (χ3v) is 5.63. The minimum absolute atomic E-state index is 0.170. The molecular formula is C26H25N3O4S. The van der Waals surface area contributed by atoms with Crippen molar-refractivity contribution in [3.63, 3.8) is 0 Å². The van der Waals surface area contributed by atoms with Crippen LogP contribution in [0.5, 0.6) is 11.5 Å². The van der Waals surface area contributed by atoms with Gasteiger partial charge in [-0.25, -0.2) is 4.98 Å². The minimum Gasteiger partial charge on any atom is -0.493 e. The lowest BCUT2D eigenvalue weighted by molar-refractivity contribution is 0.0977. The largest absolute Gasteiger partial charge is 0.493 e. The van der Waals surface area contributed by atoms with Crippen LogP contribution in [-0.4, -0.2) is 30.2 Å². The van der Waals surface area contributed by atoms with Crippen LogP contribution in [0.15, 0.2) is 52.9 Å². The van der Waals surface area contributed by atoms with Crippen molar-refractivity contribution >= 4 is 40.0 Å². The Balaban J connectivity index is 1.53. The lowest BCUT2D eigenvalue weighted by Gasteiger charge is -2.13. The number of ether oxygens (including phenoxy) is 2. The summed E-state index contributed by atoms with van der Waals surface area (Å²) < 4.78 is 16.5. The first-order valence-electron chi connectivity index (χ1n) is 10.6. The number of rotatable bonds is 5. The number of carbonyl (C=O) groups is 1. The smallest absolute Gasteiger partial charge is 0.257 e. The maximum atomic E-state index is 12.7. The highest BCUT2D eigenvalue weighted by Crippen LogP contribution is 2.30. The quantitative estimate of drug-likeness (QED) is 0.365. The summed E-state index contributed by atoms with van der Waals surface area (Å²) in [6.07, 6.45) is 0. The van der Waals surface area contributed by atoms with Crippen molar-refractivity contribution in [2.45, 2.75) is 20.8 Å². The maximum Gasteiger partial charge on any atom is 0.257 e. The molecule has 0 unspecified atom stereocenters. The van der Waals surface area contributed by atoms with E-state index in [0.717, 1.165) is 39.0 Å². The lowest BCUT2D eigenvalue weighted by Crippen LogP contribution is -2.34. The first kappa shape index (κ1) is 23.3. The van der Waals surface area contributed by atoms with Crippen LogP contribution in [0, 0.1) is 20.8 Å². The molecule has 0 saturated carbocycles. The molecule has 0 aliphatic rings. The number of amides is 1. The number of aryl methyl sites for hydroxylation is 3. The van der Waals surface area contributed by atoms with Crippen molar-refractivity contribution in [3.8, 4) is 23.0 Å². The molecule has 4 rings (SSSR count). The fourth-order valence-corrected chi connectivity index (χ4v) is 3.90. The second-order valence-electron chi connectivity index (χ2n) is 7.96. The number of nitrogens with zero attached hydrogens (tertiary/aromatic N) is 1. The molecule has 0 saturated heterocycles. The number of fused-ring (bicyclic) bond motifs is 1. The summed E-state index contributed by atoms with van der Waals surface area (Å²) in [6.45, 7) is 5.99. The summed E-state index contributed by atoms with van der Waals surface area (Å²) >= 11 is 5.39. The molecule has 1 amide bonds. The summed E-state index contributed by atoms with van der Waals surface area (Å²) in [5, 5.41) is 5.97. The summed E-state index contributed by atoms with van der Waals surface area (Å²) in [7, 11) is 3.05. The molecule has 174 valence electrons. The van der Waals surface area contributed by atoms with Crippen LogP contribution >= 0.6 is 12.2 Å². The van der Waals surface area contributed by atoms with Crippen LogP contribution < -0.4 is 20.1 Å². The molecule has 7 nitrogen and oxygen atoms in total. The maximum absolute atomic E-state index is 12.7. The topological polar surface area (TPSA) is 85.6 Å². The second-order valence-corrected chi connectivity index (χ2v) is 8.37. The normalized spacial score (nSPS) is 10.7. The van der Waals surface area contributed by atoms with Gasteiger partial charge in [0.2, 0.25) is 5.89 Å². The highest BCUT2D eigenvalue weighted by Gasteiger charge is 2.15. The van der Waals surface area contributed by atoms with Crippen molar-refractivity contribution < 1.29 is 18.7 Å². The monoisotopic (exact) mass is 475 g/mol. The van der Waals surface area contributed by atoms with Crippen molar-refractivity contribution in [1.29, 1.82) is 0 Å². The molecule has 0 aliphatic heterocycles. The van der Waals surface area contributed by atoms with Gasteiger partial charge in [-0.05, 0) is 86.1 Å². The Morgan fingerprint density at radius 3 is 2.44 bits per heavy atom. The Morgan fingerprint density at radius 2 is 1.71 bits per heavy atom. The SMILES string of the molecule is COc1ccc(C(=O)NC(=S)Nc2cc(-c3nc4cc(C)cc(C)c4o3)ccc2C)cc1OC. The van der Waals surface area contributed by atoms with Crippen LogP contribution in [-0.2, 0) is 0 Å². The summed E-state index contributed by atoms with van der Waals surface area (Å²) in [5.41, 5.74) is 6.65. The number of thiocarbonyl (C=S) groups is 1. The van der Waals surface area contributed by atoms with Crippen LogP contribution in [0.3, 0.4) is 0 Å². The molecule has 34 heavy (non-hydrogen) atoms. The van der Waals surface area contributed by atoms with Crippen LogP contribution in [0.1, 0.15) is 27.0 Å². The van der Waals surface area contributed by atoms with E-state index in [1.165, 1.54) is 14.2 Å². The number of methoxy groups -OCH3 is 2. The fourth-order valence-electron chi connectivity index (χ4n) is 3.70. The summed E-state index contributed by atoms with van der Waals surface area (Å²) in [6, 6.07) is 14.8. The number of benzene rings is 3. The number of anilines is 1. The fraction of sp³-hybridized carbons (Fsp3) is 0.192. The van der Waals surface area contributed by atoms with E-state index in [9.17, 15) is 4.79 Å². The highest BCUT2D eigenvalue weighted by molar-refractivity contribution is 7.80. The van der Waals surface area contributed by atoms with Crippen LogP contribution in [0.25, 0.3) is 22.6 Å². The molecule has 0 radical (unpaired) electrons. The van der Waals surface area contributed by atoms with E-state index >= 15 is 0 Å². The molecule has 1 heterocycles. The van der Waals surface area contributed by atoms with Crippen molar-refractivity contribution in [2.75, 3.05) is 19.5 Å². The van der Waals surface area contributed by atoms with Crippen molar-refractivity contribution in [2.24, 2.45) is 0 Å². The summed E-state index contributed by atoms with van der Waals surface area (Å²) in [5.74, 6) is 1.15. The van der Waals surface area contributed by atoms with Crippen LogP contribution in [0.4, 0.5) is 5.69 Å². The molecule has 8 heteroatoms. The molecule has 4 aromatic rings. The van der Waals surface area contributed by atoms with Gasteiger partial charge < -0.3 is 19.2 Å². The average molecular weight is 476 g/mol. The average Bonchev–Trinajstić information content (AvgIpc) is 3.24. The number of carbonyl (C=O) groups excluding carboxylic acids is 1. The van der Waals surface area contributed by atoms with Gasteiger partial charge in [-0.15, -0.1) is 0 Å². The Kier molecular flexibility index (Phi) is 6.51. The zero-order chi connectivity index (χ0) is 24.4. The van der Waals surface area contributed by atoms with E-state index in [2.05, 4.69) is 21.7 Å². The van der Waals surface area contributed by atoms with Crippen molar-refractivity contribution in [3.05, 3.63) is 70.8 Å². The van der Waals surface area contributed by atoms with E-state index in [4.69, 9.17) is 26.1 Å². The number of aromatic nitrogens is 1. The van der Waals surface area contributed by atoms with Gasteiger partial charge in [-0.1, -0.05) is 12.1 Å². The van der Waals surface area contributed by atoms with Gasteiger partial charge in [-0.2, -0.15) is 0 Å². The summed E-state index contributed by atoms with van der Waals surface area (Å²) in [4.78, 5) is 17.3. The van der Waals surface area contributed by atoms with E-state index in [0.29, 0.717) is 23.0 Å². The van der Waals surface area contributed by atoms with E-state index in [-0.39, 0.29) is 11.0 Å². The molecule has 2 N–H and O–H groups in total. The van der Waals surface area contributed by atoms with Crippen LogP contribution in [0.2, 0.25) is 0 Å². The van der Waals surface area contributed by atoms with Gasteiger partial charge in [0.1, 0.15) is 5.52 Å². The number of hydrogen-bond donors (Lipinski definition) is 2. The third kappa shape index (κ3) is 4.72. The number of nitrogens with one attached hydrogen (secondary N) is 2. The molecule has 0 fully saturated rings. The molecule has 3 aromatic carbocycles. The third-order valence-electron chi connectivity index (χ3n) is 5.43. The Morgan fingerprint density at radius 1 is 0.941 bits per heavy atom. The molecule has 0 spiro atoms. The molecule has 0 aliphatic carbocycles. The van der Waals surface area contributed by atoms with Gasteiger partial charge in [0.25, 0.3) is 5.91 Å². The van der Waals surface area contributed by atoms with E-state index in [1.807, 2.05) is 45.0 Å². The first-order valence-corrected chi connectivity index (χ1v) is 11.0. The van der Waals surface area contributed by atoms with Gasteiger partial charge in [-0.3, -0.25) is 10.1 Å². The van der Waals surface area contributed by atoms with Gasteiger partial charge in [0.15, 0.2) is 22.2 Å². The van der Waals surface area contributed by atoms with Gasteiger partial charge in [0.05, 0.1) is 14.2 Å². The molecule has 0 atom stereocenters. The van der Waals surface area contributed by atoms with Gasteiger partial charge >= 0.3 is 0 Å². The van der Waals surface area contributed by atoms with E-state index < -0.39 is 0 Å². The Hall–Kier alpha value is -3.91. The Labute approximate surface area is 203 Å². The van der Waals surface area contributed by atoms with Crippen molar-refractivity contribution in [1.82, 2.24) is 10.3 Å². The predicted octanol–water partition coefficient (Wildman–Crippen LogP) is 5.56. The number of oxazole rings is 1. The van der Waals surface area contributed by atoms with E-state index in [1.54, 1.807) is 18.2 Å². The van der Waals surface area contributed by atoms with Gasteiger partial charge in [0, 0.05) is 16.8 Å². The Bertz CT molecular complexity index is 1410. The molecule has 1 aromatic heterocycles.